The normalized spacial score (nSPS) is 16.5. The van der Waals surface area contributed by atoms with Crippen molar-refractivity contribution in [3.05, 3.63) is 53.4 Å². The van der Waals surface area contributed by atoms with Crippen molar-refractivity contribution in [2.45, 2.75) is 39.3 Å². The van der Waals surface area contributed by atoms with Gasteiger partial charge in [-0.1, -0.05) is 18.2 Å². The maximum Gasteiger partial charge on any atom is 0.273 e. The Hall–Kier alpha value is -2.96. The second-order valence-corrected chi connectivity index (χ2v) is 6.27. The molecule has 0 radical (unpaired) electrons. The zero-order valence-corrected chi connectivity index (χ0v) is 14.2. The second-order valence-electron chi connectivity index (χ2n) is 6.27. The van der Waals surface area contributed by atoms with Crippen LogP contribution in [0.5, 0.6) is 0 Å². The molecule has 1 aliphatic rings. The summed E-state index contributed by atoms with van der Waals surface area (Å²) < 4.78 is 7.73. The number of aryl methyl sites for hydroxylation is 3. The van der Waals surface area contributed by atoms with Crippen LogP contribution >= 0.6 is 0 Å². The van der Waals surface area contributed by atoms with Gasteiger partial charge in [0.15, 0.2) is 5.69 Å². The molecule has 7 heteroatoms. The second kappa shape index (κ2) is 6.16. The fraction of sp³-hybridized carbons (Fsp3) is 0.333. The molecule has 3 aromatic rings. The Balaban J connectivity index is 1.51. The molecule has 25 heavy (non-hydrogen) atoms. The smallest absolute Gasteiger partial charge is 0.273 e. The summed E-state index contributed by atoms with van der Waals surface area (Å²) in [5.41, 5.74) is 1.19. The lowest BCUT2D eigenvalue weighted by molar-refractivity contribution is 0.0921. The maximum absolute atomic E-state index is 12.6. The van der Waals surface area contributed by atoms with Gasteiger partial charge in [-0.25, -0.2) is 4.98 Å². The molecule has 7 nitrogen and oxygen atoms in total. The van der Waals surface area contributed by atoms with E-state index in [1.54, 1.807) is 6.92 Å². The Morgan fingerprint density at radius 3 is 2.84 bits per heavy atom. The van der Waals surface area contributed by atoms with Crippen LogP contribution in [0.4, 0.5) is 0 Å². The van der Waals surface area contributed by atoms with Crippen molar-refractivity contribution in [1.82, 2.24) is 25.1 Å². The van der Waals surface area contributed by atoms with E-state index in [-0.39, 0.29) is 11.9 Å². The highest BCUT2D eigenvalue weighted by atomic mass is 16.4. The highest BCUT2D eigenvalue weighted by Gasteiger charge is 2.25. The van der Waals surface area contributed by atoms with Gasteiger partial charge in [0.25, 0.3) is 5.91 Å². The molecular weight excluding hydrogens is 318 g/mol. The van der Waals surface area contributed by atoms with E-state index in [9.17, 15) is 4.79 Å². The van der Waals surface area contributed by atoms with Crippen LogP contribution in [0.15, 0.2) is 34.7 Å². The maximum atomic E-state index is 12.6. The number of amides is 1. The topological polar surface area (TPSA) is 85.8 Å². The molecule has 0 saturated carbocycles. The Morgan fingerprint density at radius 2 is 2.04 bits per heavy atom. The Labute approximate surface area is 145 Å². The van der Waals surface area contributed by atoms with Gasteiger partial charge in [0.05, 0.1) is 0 Å². The molecule has 0 unspecified atom stereocenters. The summed E-state index contributed by atoms with van der Waals surface area (Å²) in [7, 11) is 0. The molecular formula is C18H19N5O2. The van der Waals surface area contributed by atoms with Crippen LogP contribution in [0.25, 0.3) is 11.5 Å². The number of rotatable bonds is 3. The van der Waals surface area contributed by atoms with Crippen molar-refractivity contribution in [3.63, 3.8) is 0 Å². The van der Waals surface area contributed by atoms with Gasteiger partial charge in [-0.05, 0) is 32.4 Å². The summed E-state index contributed by atoms with van der Waals surface area (Å²) >= 11 is 0. The summed E-state index contributed by atoms with van der Waals surface area (Å²) in [6.45, 7) is 4.37. The predicted octanol–water partition coefficient (Wildman–Crippen LogP) is 2.29. The summed E-state index contributed by atoms with van der Waals surface area (Å²) in [6.07, 6.45) is 1.64. The van der Waals surface area contributed by atoms with E-state index < -0.39 is 0 Å². The minimum absolute atomic E-state index is 0.0333. The van der Waals surface area contributed by atoms with Gasteiger partial charge >= 0.3 is 0 Å². The number of aromatic nitrogens is 4. The number of hydrogen-bond acceptors (Lipinski definition) is 5. The first-order valence-corrected chi connectivity index (χ1v) is 8.34. The predicted molar refractivity (Wildman–Crippen MR) is 91.0 cm³/mol. The highest BCUT2D eigenvalue weighted by Crippen LogP contribution is 2.22. The lowest BCUT2D eigenvalue weighted by Gasteiger charge is -2.24. The minimum Gasteiger partial charge on any atom is -0.441 e. The van der Waals surface area contributed by atoms with Crippen LogP contribution in [-0.4, -0.2) is 31.7 Å². The van der Waals surface area contributed by atoms with Gasteiger partial charge in [0.1, 0.15) is 17.4 Å². The molecule has 128 valence electrons. The number of benzene rings is 1. The van der Waals surface area contributed by atoms with Gasteiger partial charge in [0, 0.05) is 24.6 Å². The number of fused-ring (bicyclic) bond motifs is 1. The number of nitrogens with one attached hydrogen (secondary N) is 1. The Morgan fingerprint density at radius 1 is 1.24 bits per heavy atom. The molecule has 0 bridgehead atoms. The first-order chi connectivity index (χ1) is 12.1. The Kier molecular flexibility index (Phi) is 3.83. The number of oxazole rings is 1. The van der Waals surface area contributed by atoms with Gasteiger partial charge < -0.3 is 14.3 Å². The quantitative estimate of drug-likeness (QED) is 0.792. The number of carbonyl (C=O) groups is 1. The van der Waals surface area contributed by atoms with Crippen LogP contribution in [0.2, 0.25) is 0 Å². The molecule has 0 fully saturated rings. The first-order valence-electron chi connectivity index (χ1n) is 8.34. The van der Waals surface area contributed by atoms with Gasteiger partial charge in [0.2, 0.25) is 5.89 Å². The SMILES string of the molecule is Cc1oc(-c2ccccc2)nc1C(=O)N[C@H]1CCc2nnc(C)n2C1. The van der Waals surface area contributed by atoms with Crippen LogP contribution in [0.3, 0.4) is 0 Å². The van der Waals surface area contributed by atoms with E-state index in [0.717, 1.165) is 30.1 Å². The summed E-state index contributed by atoms with van der Waals surface area (Å²) in [5.74, 6) is 2.63. The molecule has 1 amide bonds. The average Bonchev–Trinajstić information content (AvgIpc) is 3.19. The third-order valence-corrected chi connectivity index (χ3v) is 4.50. The fourth-order valence-corrected chi connectivity index (χ4v) is 3.15. The van der Waals surface area contributed by atoms with Crippen molar-refractivity contribution in [3.8, 4) is 11.5 Å². The molecule has 4 rings (SSSR count). The molecule has 3 heterocycles. The van der Waals surface area contributed by atoms with E-state index in [2.05, 4.69) is 25.1 Å². The van der Waals surface area contributed by atoms with Crippen molar-refractivity contribution < 1.29 is 9.21 Å². The third kappa shape index (κ3) is 2.93. The molecule has 1 N–H and O–H groups in total. The van der Waals surface area contributed by atoms with E-state index in [0.29, 0.717) is 23.9 Å². The third-order valence-electron chi connectivity index (χ3n) is 4.50. The van der Waals surface area contributed by atoms with Crippen LogP contribution in [0.1, 0.15) is 34.3 Å². The monoisotopic (exact) mass is 337 g/mol. The van der Waals surface area contributed by atoms with Gasteiger partial charge in [-0.3, -0.25) is 4.79 Å². The molecule has 1 aromatic carbocycles. The van der Waals surface area contributed by atoms with Crippen LogP contribution in [-0.2, 0) is 13.0 Å². The summed E-state index contributed by atoms with van der Waals surface area (Å²) in [4.78, 5) is 17.0. The molecule has 1 atom stereocenters. The molecule has 2 aromatic heterocycles. The summed E-state index contributed by atoms with van der Waals surface area (Å²) in [5, 5.41) is 11.3. The number of carbonyl (C=O) groups excluding carboxylic acids is 1. The fourth-order valence-electron chi connectivity index (χ4n) is 3.15. The van der Waals surface area contributed by atoms with E-state index in [1.807, 2.05) is 37.3 Å². The standard InChI is InChI=1S/C18H19N5O2/c1-11-16(20-18(25-11)13-6-4-3-5-7-13)17(24)19-14-8-9-15-22-21-12(2)23(15)10-14/h3-7,14H,8-10H2,1-2H3,(H,19,24)/t14-/m0/s1. The molecule has 1 aliphatic heterocycles. The van der Waals surface area contributed by atoms with Crippen molar-refractivity contribution >= 4 is 5.91 Å². The number of nitrogens with zero attached hydrogens (tertiary/aromatic N) is 4. The largest absolute Gasteiger partial charge is 0.441 e. The van der Waals surface area contributed by atoms with Crippen molar-refractivity contribution in [2.75, 3.05) is 0 Å². The average molecular weight is 337 g/mol. The zero-order chi connectivity index (χ0) is 17.4. The Bertz CT molecular complexity index is 913. The van der Waals surface area contributed by atoms with Crippen molar-refractivity contribution in [1.29, 1.82) is 0 Å². The highest BCUT2D eigenvalue weighted by molar-refractivity contribution is 5.93. The van der Waals surface area contributed by atoms with E-state index >= 15 is 0 Å². The van der Waals surface area contributed by atoms with Crippen LogP contribution in [0, 0.1) is 13.8 Å². The molecule has 0 aliphatic carbocycles. The first kappa shape index (κ1) is 15.6. The molecule has 0 spiro atoms. The van der Waals surface area contributed by atoms with Gasteiger partial charge in [-0.15, -0.1) is 10.2 Å². The van der Waals surface area contributed by atoms with Crippen LogP contribution < -0.4 is 5.32 Å². The lowest BCUT2D eigenvalue weighted by atomic mass is 10.1. The summed E-state index contributed by atoms with van der Waals surface area (Å²) in [6, 6.07) is 9.60. The molecule has 0 saturated heterocycles. The van der Waals surface area contributed by atoms with Crippen molar-refractivity contribution in [2.24, 2.45) is 0 Å². The lowest BCUT2D eigenvalue weighted by Crippen LogP contribution is -2.41. The minimum atomic E-state index is -0.206. The zero-order valence-electron chi connectivity index (χ0n) is 14.2. The van der Waals surface area contributed by atoms with E-state index in [4.69, 9.17) is 4.42 Å². The number of hydrogen-bond donors (Lipinski definition) is 1. The van der Waals surface area contributed by atoms with Gasteiger partial charge in [-0.2, -0.15) is 0 Å². The van der Waals surface area contributed by atoms with E-state index in [1.165, 1.54) is 0 Å².